The molecule has 28 heavy (non-hydrogen) atoms. The normalized spacial score (nSPS) is 19.0. The van der Waals surface area contributed by atoms with Crippen LogP contribution in [0.1, 0.15) is 31.0 Å². The van der Waals surface area contributed by atoms with Crippen LogP contribution < -0.4 is 4.90 Å². The van der Waals surface area contributed by atoms with Gasteiger partial charge in [0.1, 0.15) is 0 Å². The van der Waals surface area contributed by atoms with Crippen LogP contribution in [0.25, 0.3) is 0 Å². The second kappa shape index (κ2) is 7.02. The number of carbonyl (C=O) groups is 1. The van der Waals surface area contributed by atoms with Gasteiger partial charge in [-0.25, -0.2) is 4.39 Å². The van der Waals surface area contributed by atoms with Crippen LogP contribution in [0.15, 0.2) is 52.5 Å². The molecule has 0 bridgehead atoms. The average molecular weight is 417 g/mol. The van der Waals surface area contributed by atoms with Crippen molar-refractivity contribution in [2.75, 3.05) is 11.4 Å². The van der Waals surface area contributed by atoms with Crippen molar-refractivity contribution in [1.82, 2.24) is 0 Å². The van der Waals surface area contributed by atoms with E-state index in [4.69, 9.17) is 23.2 Å². The molecule has 0 fully saturated rings. The van der Waals surface area contributed by atoms with Gasteiger partial charge in [0.25, 0.3) is 5.91 Å². The van der Waals surface area contributed by atoms with E-state index in [1.165, 1.54) is 11.0 Å². The maximum Gasteiger partial charge on any atom is 0.257 e. The number of rotatable bonds is 3. The monoisotopic (exact) mass is 416 g/mol. The van der Waals surface area contributed by atoms with Crippen LogP contribution in [0.2, 0.25) is 10.0 Å². The third kappa shape index (κ3) is 2.87. The van der Waals surface area contributed by atoms with Gasteiger partial charge in [-0.1, -0.05) is 49.2 Å². The first kappa shape index (κ1) is 19.2. The Morgan fingerprint density at radius 3 is 2.64 bits per heavy atom. The Bertz CT molecular complexity index is 1060. The molecule has 2 aliphatic heterocycles. The second-order valence-electron chi connectivity index (χ2n) is 7.40. The zero-order valence-electron chi connectivity index (χ0n) is 15.8. The summed E-state index contributed by atoms with van der Waals surface area (Å²) in [7, 11) is 0. The molecule has 0 spiro atoms. The van der Waals surface area contributed by atoms with Crippen molar-refractivity contribution in [2.45, 2.75) is 26.8 Å². The summed E-state index contributed by atoms with van der Waals surface area (Å²) in [6.45, 7) is 6.36. The minimum absolute atomic E-state index is 0.0123. The van der Waals surface area contributed by atoms with Gasteiger partial charge in [0.2, 0.25) is 0 Å². The SMILES string of the molecule is Cc1cc(Cl)ccc1C1C2=C(CN=C2C(C)C)C(=O)N1c1cccc(Cl)c1F. The van der Waals surface area contributed by atoms with Crippen molar-refractivity contribution in [2.24, 2.45) is 10.9 Å². The minimum atomic E-state index is -0.599. The number of hydrogen-bond donors (Lipinski definition) is 0. The molecule has 6 heteroatoms. The predicted molar refractivity (Wildman–Crippen MR) is 112 cm³/mol. The molecule has 2 heterocycles. The van der Waals surface area contributed by atoms with E-state index < -0.39 is 11.9 Å². The zero-order valence-corrected chi connectivity index (χ0v) is 17.3. The first-order valence-electron chi connectivity index (χ1n) is 9.12. The third-order valence-corrected chi connectivity index (χ3v) is 5.81. The minimum Gasteiger partial charge on any atom is -0.294 e. The summed E-state index contributed by atoms with van der Waals surface area (Å²) in [6.07, 6.45) is 0. The van der Waals surface area contributed by atoms with E-state index in [0.717, 1.165) is 22.4 Å². The molecule has 0 radical (unpaired) electrons. The molecule has 1 atom stereocenters. The number of aryl methyl sites for hydroxylation is 1. The predicted octanol–water partition coefficient (Wildman–Crippen LogP) is 5.94. The Morgan fingerprint density at radius 1 is 1.21 bits per heavy atom. The van der Waals surface area contributed by atoms with Gasteiger partial charge in [-0.05, 0) is 48.2 Å². The summed E-state index contributed by atoms with van der Waals surface area (Å²) in [4.78, 5) is 19.5. The molecule has 2 aromatic carbocycles. The number of anilines is 1. The van der Waals surface area contributed by atoms with E-state index in [0.29, 0.717) is 17.1 Å². The second-order valence-corrected chi connectivity index (χ2v) is 8.24. The summed E-state index contributed by atoms with van der Waals surface area (Å²) in [5.74, 6) is -0.673. The van der Waals surface area contributed by atoms with Crippen LogP contribution in [0.4, 0.5) is 10.1 Å². The van der Waals surface area contributed by atoms with Gasteiger partial charge in [0.15, 0.2) is 5.82 Å². The number of aliphatic imine (C=N–C) groups is 1. The molecule has 144 valence electrons. The lowest BCUT2D eigenvalue weighted by atomic mass is 9.88. The number of benzene rings is 2. The Morgan fingerprint density at radius 2 is 1.96 bits per heavy atom. The Labute approximate surface area is 173 Å². The number of nitrogens with zero attached hydrogens (tertiary/aromatic N) is 2. The quantitative estimate of drug-likeness (QED) is 0.609. The molecule has 2 aromatic rings. The number of hydrogen-bond acceptors (Lipinski definition) is 2. The fraction of sp³-hybridized carbons (Fsp3) is 0.273. The van der Waals surface area contributed by atoms with Gasteiger partial charge < -0.3 is 0 Å². The maximum absolute atomic E-state index is 14.9. The molecular formula is C22H19Cl2FN2O. The Balaban J connectivity index is 1.95. The molecule has 3 nitrogen and oxygen atoms in total. The van der Waals surface area contributed by atoms with Gasteiger partial charge in [0, 0.05) is 21.9 Å². The molecule has 0 aromatic heterocycles. The summed E-state index contributed by atoms with van der Waals surface area (Å²) < 4.78 is 14.9. The standard InChI is InChI=1S/C22H19Cl2FN2O/c1-11(2)20-18-15(10-26-20)22(28)27(17-6-4-5-16(24)19(17)25)21(18)14-8-7-13(23)9-12(14)3/h4-9,11,21H,10H2,1-3H3. The highest BCUT2D eigenvalue weighted by atomic mass is 35.5. The molecular weight excluding hydrogens is 398 g/mol. The highest BCUT2D eigenvalue weighted by Gasteiger charge is 2.46. The van der Waals surface area contributed by atoms with Crippen LogP contribution in [0.3, 0.4) is 0 Å². The lowest BCUT2D eigenvalue weighted by Crippen LogP contribution is -2.33. The summed E-state index contributed by atoms with van der Waals surface area (Å²) in [5.41, 5.74) is 4.41. The van der Waals surface area contributed by atoms with Crippen molar-refractivity contribution in [3.8, 4) is 0 Å². The third-order valence-electron chi connectivity index (χ3n) is 5.28. The van der Waals surface area contributed by atoms with Crippen molar-refractivity contribution >= 4 is 40.5 Å². The summed E-state index contributed by atoms with van der Waals surface area (Å²) in [6, 6.07) is 9.81. The molecule has 0 saturated heterocycles. The number of carbonyl (C=O) groups excluding carboxylic acids is 1. The van der Waals surface area contributed by atoms with Crippen molar-refractivity contribution < 1.29 is 9.18 Å². The molecule has 4 rings (SSSR count). The largest absolute Gasteiger partial charge is 0.294 e. The molecule has 2 aliphatic rings. The average Bonchev–Trinajstić information content (AvgIpc) is 3.18. The van der Waals surface area contributed by atoms with E-state index in [-0.39, 0.29) is 22.5 Å². The molecule has 1 amide bonds. The first-order chi connectivity index (χ1) is 13.3. The molecule has 0 saturated carbocycles. The molecule has 1 unspecified atom stereocenters. The van der Waals surface area contributed by atoms with Crippen LogP contribution in [-0.4, -0.2) is 18.2 Å². The number of halogens is 3. The van der Waals surface area contributed by atoms with Gasteiger partial charge >= 0.3 is 0 Å². The highest BCUT2D eigenvalue weighted by molar-refractivity contribution is 6.31. The van der Waals surface area contributed by atoms with E-state index in [1.54, 1.807) is 18.2 Å². The topological polar surface area (TPSA) is 32.7 Å². The lowest BCUT2D eigenvalue weighted by Gasteiger charge is -2.30. The van der Waals surface area contributed by atoms with Gasteiger partial charge in [0.05, 0.1) is 23.3 Å². The van der Waals surface area contributed by atoms with E-state index in [9.17, 15) is 9.18 Å². The van der Waals surface area contributed by atoms with Gasteiger partial charge in [-0.15, -0.1) is 0 Å². The van der Waals surface area contributed by atoms with Crippen molar-refractivity contribution in [3.05, 3.63) is 74.5 Å². The summed E-state index contributed by atoms with van der Waals surface area (Å²) >= 11 is 12.2. The Hall–Kier alpha value is -2.17. The fourth-order valence-electron chi connectivity index (χ4n) is 4.03. The smallest absolute Gasteiger partial charge is 0.257 e. The highest BCUT2D eigenvalue weighted by Crippen LogP contribution is 2.47. The van der Waals surface area contributed by atoms with E-state index >= 15 is 0 Å². The fourth-order valence-corrected chi connectivity index (χ4v) is 4.43. The van der Waals surface area contributed by atoms with Crippen LogP contribution in [0.5, 0.6) is 0 Å². The van der Waals surface area contributed by atoms with E-state index in [1.807, 2.05) is 32.9 Å². The summed E-state index contributed by atoms with van der Waals surface area (Å²) in [5, 5.41) is 0.603. The molecule has 0 aliphatic carbocycles. The zero-order chi connectivity index (χ0) is 20.2. The van der Waals surface area contributed by atoms with Gasteiger partial charge in [-0.3, -0.25) is 14.7 Å². The Kier molecular flexibility index (Phi) is 4.80. The first-order valence-corrected chi connectivity index (χ1v) is 9.88. The van der Waals surface area contributed by atoms with Crippen molar-refractivity contribution in [3.63, 3.8) is 0 Å². The lowest BCUT2D eigenvalue weighted by molar-refractivity contribution is -0.114. The van der Waals surface area contributed by atoms with Gasteiger partial charge in [-0.2, -0.15) is 0 Å². The maximum atomic E-state index is 14.9. The van der Waals surface area contributed by atoms with Crippen molar-refractivity contribution in [1.29, 1.82) is 0 Å². The molecule has 0 N–H and O–H groups in total. The van der Waals surface area contributed by atoms with E-state index in [2.05, 4.69) is 4.99 Å². The number of amides is 1. The van der Waals surface area contributed by atoms with Crippen LogP contribution in [-0.2, 0) is 4.79 Å². The van der Waals surface area contributed by atoms with Crippen LogP contribution >= 0.6 is 23.2 Å². The van der Waals surface area contributed by atoms with Crippen LogP contribution in [0, 0.1) is 18.7 Å².